The highest BCUT2D eigenvalue weighted by Gasteiger charge is 2.35. The molecular weight excluding hydrogens is 254 g/mol. The van der Waals surface area contributed by atoms with Crippen molar-refractivity contribution < 1.29 is 19.7 Å². The molecule has 1 aliphatic heterocycles. The van der Waals surface area contributed by atoms with Gasteiger partial charge in [0.15, 0.2) is 0 Å². The number of aliphatic hydroxyl groups is 2. The maximum Gasteiger partial charge on any atom is 0.256 e. The van der Waals surface area contributed by atoms with Crippen molar-refractivity contribution in [3.63, 3.8) is 0 Å². The lowest BCUT2D eigenvalue weighted by atomic mass is 9.96. The van der Waals surface area contributed by atoms with Crippen molar-refractivity contribution in [1.29, 1.82) is 0 Å². The van der Waals surface area contributed by atoms with Gasteiger partial charge in [-0.05, 0) is 25.1 Å². The van der Waals surface area contributed by atoms with Gasteiger partial charge in [-0.1, -0.05) is 19.3 Å². The van der Waals surface area contributed by atoms with Crippen molar-refractivity contribution in [3.8, 4) is 0 Å². The van der Waals surface area contributed by atoms with Crippen LogP contribution in [0.3, 0.4) is 0 Å². The Balaban J connectivity index is 1.65. The van der Waals surface area contributed by atoms with E-state index in [9.17, 15) is 10.2 Å². The molecule has 2 fully saturated rings. The van der Waals surface area contributed by atoms with Crippen molar-refractivity contribution in [1.82, 2.24) is 5.32 Å². The average Bonchev–Trinajstić information content (AvgIpc) is 2.69. The van der Waals surface area contributed by atoms with Crippen LogP contribution in [0.2, 0.25) is 0 Å². The molecule has 104 valence electrons. The molecule has 0 spiro atoms. The molecule has 2 rings (SSSR count). The Bertz CT molecular complexity index is 283. The van der Waals surface area contributed by atoms with Crippen molar-refractivity contribution in [2.75, 3.05) is 13.2 Å². The van der Waals surface area contributed by atoms with Gasteiger partial charge >= 0.3 is 0 Å². The lowest BCUT2D eigenvalue weighted by Gasteiger charge is -2.24. The van der Waals surface area contributed by atoms with Crippen LogP contribution in [0.1, 0.15) is 32.1 Å². The van der Waals surface area contributed by atoms with E-state index in [1.54, 1.807) is 0 Å². The van der Waals surface area contributed by atoms with Crippen LogP contribution >= 0.6 is 12.2 Å². The van der Waals surface area contributed by atoms with Gasteiger partial charge in [0.05, 0.1) is 6.61 Å². The summed E-state index contributed by atoms with van der Waals surface area (Å²) in [5.41, 5.74) is 0. The molecule has 0 bridgehead atoms. The fourth-order valence-corrected chi connectivity index (χ4v) is 2.66. The monoisotopic (exact) mass is 275 g/mol. The van der Waals surface area contributed by atoms with E-state index in [0.717, 1.165) is 12.8 Å². The fourth-order valence-electron chi connectivity index (χ4n) is 2.43. The van der Waals surface area contributed by atoms with Crippen molar-refractivity contribution in [3.05, 3.63) is 0 Å². The third-order valence-corrected chi connectivity index (χ3v) is 3.80. The number of hydrogen-bond donors (Lipinski definition) is 3. The second-order valence-corrected chi connectivity index (χ2v) is 5.38. The zero-order chi connectivity index (χ0) is 13.0. The summed E-state index contributed by atoms with van der Waals surface area (Å²) < 4.78 is 10.6. The molecule has 0 aromatic heterocycles. The van der Waals surface area contributed by atoms with E-state index in [1.165, 1.54) is 19.3 Å². The lowest BCUT2D eigenvalue weighted by Crippen LogP contribution is -2.39. The first-order valence-corrected chi connectivity index (χ1v) is 6.98. The molecule has 3 unspecified atom stereocenters. The minimum atomic E-state index is -0.887. The molecule has 0 radical (unpaired) electrons. The highest BCUT2D eigenvalue weighted by atomic mass is 32.1. The van der Waals surface area contributed by atoms with Gasteiger partial charge in [-0.3, -0.25) is 0 Å². The molecule has 1 saturated carbocycles. The Kier molecular flexibility index (Phi) is 5.17. The van der Waals surface area contributed by atoms with Gasteiger partial charge in [0.1, 0.15) is 24.9 Å². The van der Waals surface area contributed by atoms with Crippen molar-refractivity contribution in [2.24, 2.45) is 0 Å². The van der Waals surface area contributed by atoms with E-state index in [4.69, 9.17) is 21.7 Å². The molecule has 0 amide bonds. The topological polar surface area (TPSA) is 71.0 Å². The van der Waals surface area contributed by atoms with E-state index < -0.39 is 18.3 Å². The highest BCUT2D eigenvalue weighted by Crippen LogP contribution is 2.18. The lowest BCUT2D eigenvalue weighted by molar-refractivity contribution is -0.00312. The predicted molar refractivity (Wildman–Crippen MR) is 70.3 cm³/mol. The molecule has 6 heteroatoms. The van der Waals surface area contributed by atoms with E-state index in [1.807, 2.05) is 0 Å². The summed E-state index contributed by atoms with van der Waals surface area (Å²) in [6.45, 7) is 0.328. The molecule has 3 atom stereocenters. The maximum atomic E-state index is 9.57. The summed E-state index contributed by atoms with van der Waals surface area (Å²) in [4.78, 5) is 0. The number of thiocarbonyl (C=S) groups is 1. The Morgan fingerprint density at radius 1 is 1.28 bits per heavy atom. The van der Waals surface area contributed by atoms with Crippen LogP contribution in [0, 0.1) is 0 Å². The summed E-state index contributed by atoms with van der Waals surface area (Å²) in [5.74, 6) is 0. The van der Waals surface area contributed by atoms with E-state index in [0.29, 0.717) is 11.2 Å². The molecule has 18 heavy (non-hydrogen) atoms. The molecule has 1 heterocycles. The number of aliphatic hydroxyl groups excluding tert-OH is 2. The first-order valence-electron chi connectivity index (χ1n) is 6.58. The smallest absolute Gasteiger partial charge is 0.256 e. The third kappa shape index (κ3) is 3.78. The predicted octanol–water partition coefficient (Wildman–Crippen LogP) is 0.331. The van der Waals surface area contributed by atoms with Crippen LogP contribution in [0.15, 0.2) is 0 Å². The number of nitrogens with one attached hydrogen (secondary N) is 1. The van der Waals surface area contributed by atoms with Gasteiger partial charge in [-0.2, -0.15) is 0 Å². The maximum absolute atomic E-state index is 9.57. The molecule has 1 saturated heterocycles. The van der Waals surface area contributed by atoms with Crippen molar-refractivity contribution >= 4 is 17.4 Å². The van der Waals surface area contributed by atoms with Gasteiger partial charge in [0.2, 0.25) is 0 Å². The number of rotatable bonds is 3. The third-order valence-electron chi connectivity index (χ3n) is 3.56. The van der Waals surface area contributed by atoms with Crippen molar-refractivity contribution in [2.45, 2.75) is 56.5 Å². The van der Waals surface area contributed by atoms with Crippen LogP contribution < -0.4 is 5.32 Å². The first kappa shape index (κ1) is 14.0. The van der Waals surface area contributed by atoms with Gasteiger partial charge in [-0.15, -0.1) is 0 Å². The molecule has 3 N–H and O–H groups in total. The Hall–Kier alpha value is -0.430. The van der Waals surface area contributed by atoms with Gasteiger partial charge in [-0.25, -0.2) is 0 Å². The van der Waals surface area contributed by atoms with E-state index in [2.05, 4.69) is 5.32 Å². The van der Waals surface area contributed by atoms with Gasteiger partial charge in [0, 0.05) is 6.04 Å². The van der Waals surface area contributed by atoms with Crippen LogP contribution in [-0.2, 0) is 9.47 Å². The normalized spacial score (nSPS) is 33.3. The Morgan fingerprint density at radius 3 is 2.61 bits per heavy atom. The quantitative estimate of drug-likeness (QED) is 0.645. The molecule has 2 aliphatic rings. The molecule has 0 aromatic rings. The number of ether oxygens (including phenoxy) is 2. The highest BCUT2D eigenvalue weighted by molar-refractivity contribution is 7.80. The van der Waals surface area contributed by atoms with Gasteiger partial charge in [0.25, 0.3) is 5.17 Å². The van der Waals surface area contributed by atoms with E-state index >= 15 is 0 Å². The van der Waals surface area contributed by atoms with Gasteiger partial charge < -0.3 is 25.0 Å². The first-order chi connectivity index (χ1) is 8.66. The van der Waals surface area contributed by atoms with Crippen LogP contribution in [0.5, 0.6) is 0 Å². The van der Waals surface area contributed by atoms with Crippen LogP contribution in [0.4, 0.5) is 0 Å². The summed E-state index contributed by atoms with van der Waals surface area (Å²) in [5, 5.41) is 22.4. The molecule has 1 aliphatic carbocycles. The minimum Gasteiger partial charge on any atom is -0.468 e. The second kappa shape index (κ2) is 6.65. The summed E-state index contributed by atoms with van der Waals surface area (Å²) in [6.07, 6.45) is 3.82. The Labute approximate surface area is 112 Å². The number of hydrogen-bond acceptors (Lipinski definition) is 5. The molecule has 0 aromatic carbocycles. The summed E-state index contributed by atoms with van der Waals surface area (Å²) >= 11 is 5.10. The Morgan fingerprint density at radius 2 is 2.00 bits per heavy atom. The minimum absolute atomic E-state index is 0.151. The zero-order valence-corrected chi connectivity index (χ0v) is 11.2. The second-order valence-electron chi connectivity index (χ2n) is 5.01. The molecule has 5 nitrogen and oxygen atoms in total. The SMILES string of the molecule is OC1COC(COC(=S)NC2CCCCC2)C1O. The summed E-state index contributed by atoms with van der Waals surface area (Å²) in [7, 11) is 0. The van der Waals surface area contributed by atoms with E-state index in [-0.39, 0.29) is 13.2 Å². The fraction of sp³-hybridized carbons (Fsp3) is 0.917. The average molecular weight is 275 g/mol. The zero-order valence-electron chi connectivity index (χ0n) is 10.4. The largest absolute Gasteiger partial charge is 0.468 e. The van der Waals surface area contributed by atoms with Crippen LogP contribution in [0.25, 0.3) is 0 Å². The standard InChI is InChI=1S/C12H21NO4S/c14-9-6-16-10(11(9)15)7-17-12(18)13-8-4-2-1-3-5-8/h8-11,14-15H,1-7H2,(H,13,18). The summed E-state index contributed by atoms with van der Waals surface area (Å²) in [6, 6.07) is 0.409. The molecular formula is C12H21NO4S. The van der Waals surface area contributed by atoms with Crippen LogP contribution in [-0.4, -0.2) is 53.0 Å².